The third-order valence-corrected chi connectivity index (χ3v) is 13.4. The number of carbonyl (C=O) groups is 3. The van der Waals surface area contributed by atoms with Crippen molar-refractivity contribution in [3.05, 3.63) is 85.1 Å². The summed E-state index contributed by atoms with van der Waals surface area (Å²) in [6, 6.07) is 0. The number of allylic oxidation sites excluding steroid dienone is 14. The molecule has 0 aromatic carbocycles. The van der Waals surface area contributed by atoms with Crippen molar-refractivity contribution in [3.8, 4) is 0 Å². The van der Waals surface area contributed by atoms with Gasteiger partial charge in [0.05, 0.1) is 0 Å². The fourth-order valence-corrected chi connectivity index (χ4v) is 8.69. The number of rotatable bonds is 56. The van der Waals surface area contributed by atoms with E-state index in [4.69, 9.17) is 14.2 Å². The van der Waals surface area contributed by atoms with Crippen LogP contribution in [0.2, 0.25) is 0 Å². The molecule has 0 spiro atoms. The number of unbranched alkanes of at least 4 members (excludes halogenated alkanes) is 31. The first-order chi connectivity index (χ1) is 36.0. The Labute approximate surface area is 452 Å². The van der Waals surface area contributed by atoms with E-state index in [0.717, 1.165) is 116 Å². The van der Waals surface area contributed by atoms with Crippen LogP contribution in [0.15, 0.2) is 85.1 Å². The van der Waals surface area contributed by atoms with Crippen LogP contribution in [0.4, 0.5) is 0 Å². The largest absolute Gasteiger partial charge is 0.462 e. The van der Waals surface area contributed by atoms with Crippen molar-refractivity contribution in [2.45, 2.75) is 309 Å². The lowest BCUT2D eigenvalue weighted by Crippen LogP contribution is -2.30. The van der Waals surface area contributed by atoms with Crippen LogP contribution in [0, 0.1) is 0 Å². The smallest absolute Gasteiger partial charge is 0.306 e. The Balaban J connectivity index is 4.38. The molecule has 0 aromatic rings. The van der Waals surface area contributed by atoms with Gasteiger partial charge in [-0.3, -0.25) is 14.4 Å². The van der Waals surface area contributed by atoms with Gasteiger partial charge in [-0.2, -0.15) is 0 Å². The Bertz CT molecular complexity index is 1400. The van der Waals surface area contributed by atoms with Gasteiger partial charge in [-0.1, -0.05) is 254 Å². The second-order valence-corrected chi connectivity index (χ2v) is 20.6. The monoisotopic (exact) mass is 1020 g/mol. The average Bonchev–Trinajstić information content (AvgIpc) is 3.39. The van der Waals surface area contributed by atoms with Crippen molar-refractivity contribution >= 4 is 17.9 Å². The normalized spacial score (nSPS) is 12.6. The zero-order chi connectivity index (χ0) is 52.9. The van der Waals surface area contributed by atoms with E-state index in [1.54, 1.807) is 0 Å². The van der Waals surface area contributed by atoms with E-state index in [9.17, 15) is 14.4 Å². The predicted octanol–water partition coefficient (Wildman–Crippen LogP) is 21.1. The van der Waals surface area contributed by atoms with Crippen molar-refractivity contribution < 1.29 is 28.6 Å². The van der Waals surface area contributed by atoms with Crippen LogP contribution in [0.5, 0.6) is 0 Å². The quantitative estimate of drug-likeness (QED) is 0.0261. The van der Waals surface area contributed by atoms with Crippen molar-refractivity contribution in [2.24, 2.45) is 0 Å². The molecule has 6 heteroatoms. The summed E-state index contributed by atoms with van der Waals surface area (Å²) in [6.45, 7) is 6.51. The molecule has 0 bridgehead atoms. The second-order valence-electron chi connectivity index (χ2n) is 20.6. The van der Waals surface area contributed by atoms with Crippen LogP contribution in [-0.4, -0.2) is 37.2 Å². The maximum atomic E-state index is 12.9. The Morgan fingerprint density at radius 1 is 0.288 bits per heavy atom. The SMILES string of the molecule is CC/C=C\C/C=C\C/C=C\CCCCCCCC(=O)OCC(COC(=O)CCCCCCCCCC/C=C\C/C=C\C/C=C\CCCCCCC)OC(=O)CCCCCCCCC/C=C\CCCCCCCC. The minimum absolute atomic E-state index is 0.0873. The van der Waals surface area contributed by atoms with Gasteiger partial charge < -0.3 is 14.2 Å². The van der Waals surface area contributed by atoms with Gasteiger partial charge in [0.1, 0.15) is 13.2 Å². The van der Waals surface area contributed by atoms with Gasteiger partial charge in [-0.25, -0.2) is 0 Å². The molecule has 1 atom stereocenters. The molecule has 0 aliphatic rings. The predicted molar refractivity (Wildman–Crippen MR) is 316 cm³/mol. The maximum absolute atomic E-state index is 12.9. The lowest BCUT2D eigenvalue weighted by atomic mass is 10.1. The van der Waals surface area contributed by atoms with E-state index in [1.807, 2.05) is 0 Å². The number of hydrogen-bond acceptors (Lipinski definition) is 6. The lowest BCUT2D eigenvalue weighted by molar-refractivity contribution is -0.167. The number of esters is 3. The fourth-order valence-electron chi connectivity index (χ4n) is 8.69. The minimum atomic E-state index is -0.791. The topological polar surface area (TPSA) is 78.9 Å². The number of carbonyl (C=O) groups excluding carboxylic acids is 3. The zero-order valence-electron chi connectivity index (χ0n) is 48.1. The molecule has 0 saturated carbocycles. The highest BCUT2D eigenvalue weighted by atomic mass is 16.6. The Morgan fingerprint density at radius 3 is 0.849 bits per heavy atom. The summed E-state index contributed by atoms with van der Waals surface area (Å²) in [6.07, 6.45) is 80.1. The first-order valence-corrected chi connectivity index (χ1v) is 31.1. The van der Waals surface area contributed by atoms with Crippen LogP contribution in [0.1, 0.15) is 303 Å². The fraction of sp³-hybridized carbons (Fsp3) is 0.746. The van der Waals surface area contributed by atoms with Crippen LogP contribution in [0.3, 0.4) is 0 Å². The first kappa shape index (κ1) is 69.6. The molecule has 0 rings (SSSR count). The van der Waals surface area contributed by atoms with Gasteiger partial charge in [0.2, 0.25) is 0 Å². The molecule has 1 unspecified atom stereocenters. The van der Waals surface area contributed by atoms with Crippen LogP contribution >= 0.6 is 0 Å². The van der Waals surface area contributed by atoms with Gasteiger partial charge in [0.15, 0.2) is 6.10 Å². The molecule has 73 heavy (non-hydrogen) atoms. The van der Waals surface area contributed by atoms with E-state index < -0.39 is 6.10 Å². The average molecular weight is 1020 g/mol. The summed E-state index contributed by atoms with van der Waals surface area (Å²) in [5, 5.41) is 0. The summed E-state index contributed by atoms with van der Waals surface area (Å²) in [5.41, 5.74) is 0. The molecule has 0 radical (unpaired) electrons. The Hall–Kier alpha value is -3.41. The zero-order valence-corrected chi connectivity index (χ0v) is 48.1. The van der Waals surface area contributed by atoms with Gasteiger partial charge in [-0.15, -0.1) is 0 Å². The van der Waals surface area contributed by atoms with Gasteiger partial charge in [0.25, 0.3) is 0 Å². The highest BCUT2D eigenvalue weighted by molar-refractivity contribution is 5.71. The highest BCUT2D eigenvalue weighted by Crippen LogP contribution is 2.15. The van der Waals surface area contributed by atoms with Gasteiger partial charge in [0, 0.05) is 19.3 Å². The molecule has 0 aromatic heterocycles. The molecule has 420 valence electrons. The molecule has 0 aliphatic heterocycles. The van der Waals surface area contributed by atoms with Gasteiger partial charge >= 0.3 is 17.9 Å². The third kappa shape index (κ3) is 59.3. The first-order valence-electron chi connectivity index (χ1n) is 31.1. The van der Waals surface area contributed by atoms with Crippen LogP contribution in [0.25, 0.3) is 0 Å². The van der Waals surface area contributed by atoms with E-state index in [0.29, 0.717) is 19.3 Å². The minimum Gasteiger partial charge on any atom is -0.462 e. The Kier molecular flexibility index (Phi) is 58.3. The van der Waals surface area contributed by atoms with E-state index >= 15 is 0 Å². The summed E-state index contributed by atoms with van der Waals surface area (Å²) in [7, 11) is 0. The molecule has 0 saturated heterocycles. The summed E-state index contributed by atoms with van der Waals surface area (Å²) < 4.78 is 16.9. The highest BCUT2D eigenvalue weighted by Gasteiger charge is 2.19. The van der Waals surface area contributed by atoms with Crippen molar-refractivity contribution in [2.75, 3.05) is 13.2 Å². The molecule has 0 amide bonds. The molecular weight excluding hydrogens is 901 g/mol. The summed E-state index contributed by atoms with van der Waals surface area (Å²) >= 11 is 0. The molecule has 6 nitrogen and oxygen atoms in total. The molecule has 0 aliphatic carbocycles. The standard InChI is InChI=1S/C67H116O6/c1-4-7-10-13-16-19-22-25-28-30-31-32-33-34-35-37-39-42-45-48-51-54-57-60-66(69)72-63-64(62-71-65(68)59-56-53-50-47-44-41-38-27-24-21-18-15-12-9-6-3)73-67(70)61-58-55-52-49-46-43-40-36-29-26-23-20-17-14-11-8-5-2/h9,12,18,21-22,25-27,29-31,33-34,38,64H,4-8,10-11,13-17,19-20,23-24,28,32,35-37,39-63H2,1-3H3/b12-9-,21-18-,25-22-,29-26-,31-30-,34-33-,38-27-. The van der Waals surface area contributed by atoms with Gasteiger partial charge in [-0.05, 0) is 116 Å². The van der Waals surface area contributed by atoms with Crippen molar-refractivity contribution in [1.82, 2.24) is 0 Å². The Morgan fingerprint density at radius 2 is 0.534 bits per heavy atom. The summed E-state index contributed by atoms with van der Waals surface area (Å²) in [4.78, 5) is 38.3. The third-order valence-electron chi connectivity index (χ3n) is 13.4. The lowest BCUT2D eigenvalue weighted by Gasteiger charge is -2.18. The van der Waals surface area contributed by atoms with Crippen molar-refractivity contribution in [3.63, 3.8) is 0 Å². The summed E-state index contributed by atoms with van der Waals surface area (Å²) in [5.74, 6) is -0.906. The number of ether oxygens (including phenoxy) is 3. The van der Waals surface area contributed by atoms with Crippen molar-refractivity contribution in [1.29, 1.82) is 0 Å². The van der Waals surface area contributed by atoms with Crippen LogP contribution < -0.4 is 0 Å². The molecular formula is C67H116O6. The van der Waals surface area contributed by atoms with E-state index in [2.05, 4.69) is 106 Å². The molecule has 0 fully saturated rings. The second kappa shape index (κ2) is 61.1. The molecule has 0 N–H and O–H groups in total. The van der Waals surface area contributed by atoms with Crippen LogP contribution in [-0.2, 0) is 28.6 Å². The molecule has 0 heterocycles. The number of hydrogen-bond donors (Lipinski definition) is 0. The van der Waals surface area contributed by atoms with E-state index in [1.165, 1.54) is 148 Å². The maximum Gasteiger partial charge on any atom is 0.306 e. The van der Waals surface area contributed by atoms with E-state index in [-0.39, 0.29) is 31.1 Å².